The van der Waals surface area contributed by atoms with Crippen LogP contribution in [0.4, 0.5) is 0 Å². The van der Waals surface area contributed by atoms with Crippen molar-refractivity contribution in [2.45, 2.75) is 12.8 Å². The molecule has 1 aliphatic heterocycles. The van der Waals surface area contributed by atoms with Gasteiger partial charge in [-0.3, -0.25) is 4.99 Å². The molecule has 1 rings (SSSR count). The Balaban J connectivity index is 2.23. The topological polar surface area (TPSA) is 21.6 Å². The van der Waals surface area contributed by atoms with Crippen LogP contribution in [-0.2, 0) is 4.74 Å². The average Bonchev–Trinajstić information content (AvgIpc) is 2.07. The van der Waals surface area contributed by atoms with E-state index in [-0.39, 0.29) is 0 Å². The minimum Gasteiger partial charge on any atom is -0.381 e. The van der Waals surface area contributed by atoms with E-state index < -0.39 is 0 Å². The van der Waals surface area contributed by atoms with Crippen LogP contribution in [0.1, 0.15) is 12.8 Å². The van der Waals surface area contributed by atoms with E-state index >= 15 is 0 Å². The molecule has 1 saturated heterocycles. The molecule has 0 aromatic rings. The monoisotopic (exact) mass is 153 g/mol. The van der Waals surface area contributed by atoms with Crippen molar-refractivity contribution >= 4 is 6.21 Å². The van der Waals surface area contributed by atoms with Crippen molar-refractivity contribution in [3.63, 3.8) is 0 Å². The summed E-state index contributed by atoms with van der Waals surface area (Å²) in [6, 6.07) is 0. The summed E-state index contributed by atoms with van der Waals surface area (Å²) in [6.45, 7) is 1.83. The van der Waals surface area contributed by atoms with Gasteiger partial charge in [0, 0.05) is 26.5 Å². The van der Waals surface area contributed by atoms with Crippen LogP contribution in [0.2, 0.25) is 0 Å². The van der Waals surface area contributed by atoms with Gasteiger partial charge in [-0.15, -0.1) is 0 Å². The van der Waals surface area contributed by atoms with E-state index in [0.29, 0.717) is 5.92 Å². The fourth-order valence-corrected chi connectivity index (χ4v) is 1.20. The molecule has 0 bridgehead atoms. The zero-order chi connectivity index (χ0) is 7.94. The third-order valence-electron chi connectivity index (χ3n) is 1.88. The Hall–Kier alpha value is -0.630. The molecule has 0 N–H and O–H groups in total. The molecule has 0 spiro atoms. The lowest BCUT2D eigenvalue weighted by Crippen LogP contribution is -2.13. The molecule has 0 aliphatic carbocycles. The summed E-state index contributed by atoms with van der Waals surface area (Å²) in [4.78, 5) is 3.88. The van der Waals surface area contributed by atoms with E-state index in [1.165, 1.54) is 0 Å². The van der Waals surface area contributed by atoms with Gasteiger partial charge in [-0.25, -0.2) is 0 Å². The van der Waals surface area contributed by atoms with Crippen LogP contribution in [0.15, 0.2) is 17.1 Å². The maximum absolute atomic E-state index is 5.24. The molecule has 0 radical (unpaired) electrons. The fourth-order valence-electron chi connectivity index (χ4n) is 1.20. The molecule has 2 nitrogen and oxygen atoms in total. The molecule has 0 saturated carbocycles. The number of aliphatic imine (C=N–C) groups is 1. The number of nitrogens with zero attached hydrogens (tertiary/aromatic N) is 1. The summed E-state index contributed by atoms with van der Waals surface area (Å²) in [5.74, 6) is 0.710. The molecule has 0 unspecified atom stereocenters. The first-order valence-corrected chi connectivity index (χ1v) is 4.10. The second-order valence-corrected chi connectivity index (χ2v) is 2.74. The number of ether oxygens (including phenoxy) is 1. The predicted octanol–water partition coefficient (Wildman–Crippen LogP) is 1.67. The highest BCUT2D eigenvalue weighted by atomic mass is 16.5. The first kappa shape index (κ1) is 8.47. The Labute approximate surface area is 68.0 Å². The normalized spacial score (nSPS) is 21.9. The summed E-state index contributed by atoms with van der Waals surface area (Å²) < 4.78 is 5.24. The molecular weight excluding hydrogens is 138 g/mol. The Morgan fingerprint density at radius 1 is 1.36 bits per heavy atom. The van der Waals surface area contributed by atoms with Gasteiger partial charge < -0.3 is 4.74 Å². The second kappa shape index (κ2) is 5.08. The van der Waals surface area contributed by atoms with E-state index in [2.05, 4.69) is 11.1 Å². The van der Waals surface area contributed by atoms with Gasteiger partial charge in [0.2, 0.25) is 0 Å². The number of allylic oxidation sites excluding steroid dienone is 2. The van der Waals surface area contributed by atoms with Gasteiger partial charge in [0.05, 0.1) is 0 Å². The van der Waals surface area contributed by atoms with Crippen molar-refractivity contribution in [1.29, 1.82) is 0 Å². The lowest BCUT2D eigenvalue weighted by Gasteiger charge is -2.18. The largest absolute Gasteiger partial charge is 0.381 e. The molecule has 0 amide bonds. The molecule has 1 heterocycles. The highest BCUT2D eigenvalue weighted by Gasteiger charge is 2.09. The van der Waals surface area contributed by atoms with E-state index in [1.54, 1.807) is 7.05 Å². The van der Waals surface area contributed by atoms with Gasteiger partial charge >= 0.3 is 0 Å². The van der Waals surface area contributed by atoms with Crippen LogP contribution in [0.25, 0.3) is 0 Å². The highest BCUT2D eigenvalue weighted by molar-refractivity contribution is 5.70. The van der Waals surface area contributed by atoms with Crippen molar-refractivity contribution in [3.8, 4) is 0 Å². The molecule has 0 aromatic heterocycles. The Morgan fingerprint density at radius 3 is 2.73 bits per heavy atom. The van der Waals surface area contributed by atoms with E-state index in [0.717, 1.165) is 26.1 Å². The first-order valence-electron chi connectivity index (χ1n) is 4.10. The van der Waals surface area contributed by atoms with Crippen molar-refractivity contribution in [3.05, 3.63) is 12.2 Å². The van der Waals surface area contributed by atoms with Gasteiger partial charge in [-0.2, -0.15) is 0 Å². The van der Waals surface area contributed by atoms with E-state index in [4.69, 9.17) is 4.74 Å². The minimum absolute atomic E-state index is 0.710. The summed E-state index contributed by atoms with van der Waals surface area (Å²) in [5, 5.41) is 0. The lowest BCUT2D eigenvalue weighted by atomic mass is 10.0. The van der Waals surface area contributed by atoms with Crippen molar-refractivity contribution in [2.24, 2.45) is 10.9 Å². The second-order valence-electron chi connectivity index (χ2n) is 2.74. The molecule has 62 valence electrons. The quantitative estimate of drug-likeness (QED) is 0.553. The molecule has 0 aromatic carbocycles. The highest BCUT2D eigenvalue weighted by Crippen LogP contribution is 2.15. The van der Waals surface area contributed by atoms with Crippen LogP contribution < -0.4 is 0 Å². The third-order valence-corrected chi connectivity index (χ3v) is 1.88. The van der Waals surface area contributed by atoms with Crippen LogP contribution in [0.3, 0.4) is 0 Å². The summed E-state index contributed by atoms with van der Waals surface area (Å²) in [6.07, 6.45) is 8.39. The molecule has 11 heavy (non-hydrogen) atoms. The maximum Gasteiger partial charge on any atom is 0.0471 e. The lowest BCUT2D eigenvalue weighted by molar-refractivity contribution is 0.0786. The van der Waals surface area contributed by atoms with Gasteiger partial charge in [-0.1, -0.05) is 6.08 Å². The fraction of sp³-hybridized carbons (Fsp3) is 0.667. The molecule has 1 fully saturated rings. The summed E-state index contributed by atoms with van der Waals surface area (Å²) in [5.41, 5.74) is 0. The Bertz CT molecular complexity index is 146. The summed E-state index contributed by atoms with van der Waals surface area (Å²) in [7, 11) is 1.79. The van der Waals surface area contributed by atoms with Gasteiger partial charge in [-0.05, 0) is 24.8 Å². The average molecular weight is 153 g/mol. The summed E-state index contributed by atoms with van der Waals surface area (Å²) >= 11 is 0. The molecule has 0 atom stereocenters. The van der Waals surface area contributed by atoms with Crippen LogP contribution in [-0.4, -0.2) is 26.5 Å². The standard InChI is InChI=1S/C9H15NO/c1-10-6-2-3-9-4-7-11-8-5-9/h2-3,6,9H,4-5,7-8H2,1H3/b3-2+,10-6?. The molecule has 2 heteroatoms. The zero-order valence-corrected chi connectivity index (χ0v) is 6.99. The number of rotatable bonds is 2. The maximum atomic E-state index is 5.24. The van der Waals surface area contributed by atoms with Gasteiger partial charge in [0.25, 0.3) is 0 Å². The Kier molecular flexibility index (Phi) is 3.91. The number of hydrogen-bond acceptors (Lipinski definition) is 2. The van der Waals surface area contributed by atoms with Crippen LogP contribution in [0.5, 0.6) is 0 Å². The molecule has 1 aliphatic rings. The Morgan fingerprint density at radius 2 is 2.09 bits per heavy atom. The third kappa shape index (κ3) is 3.33. The van der Waals surface area contributed by atoms with Gasteiger partial charge in [0.15, 0.2) is 0 Å². The van der Waals surface area contributed by atoms with Crippen molar-refractivity contribution < 1.29 is 4.74 Å². The van der Waals surface area contributed by atoms with Crippen molar-refractivity contribution in [1.82, 2.24) is 0 Å². The zero-order valence-electron chi connectivity index (χ0n) is 6.99. The van der Waals surface area contributed by atoms with Crippen LogP contribution in [0, 0.1) is 5.92 Å². The van der Waals surface area contributed by atoms with E-state index in [1.807, 2.05) is 12.3 Å². The number of hydrogen-bond donors (Lipinski definition) is 0. The van der Waals surface area contributed by atoms with Crippen LogP contribution >= 0.6 is 0 Å². The van der Waals surface area contributed by atoms with Gasteiger partial charge in [0.1, 0.15) is 0 Å². The minimum atomic E-state index is 0.710. The SMILES string of the molecule is CN=C/C=C/C1CCOCC1. The smallest absolute Gasteiger partial charge is 0.0471 e. The first-order chi connectivity index (χ1) is 5.43. The van der Waals surface area contributed by atoms with Crippen molar-refractivity contribution in [2.75, 3.05) is 20.3 Å². The van der Waals surface area contributed by atoms with E-state index in [9.17, 15) is 0 Å². The predicted molar refractivity (Wildman–Crippen MR) is 47.1 cm³/mol. The molecular formula is C9H15NO.